The summed E-state index contributed by atoms with van der Waals surface area (Å²) in [6, 6.07) is 3.38. The van der Waals surface area contributed by atoms with Crippen LogP contribution in [0.25, 0.3) is 0 Å². The van der Waals surface area contributed by atoms with Crippen molar-refractivity contribution >= 4 is 5.91 Å². The van der Waals surface area contributed by atoms with E-state index in [1.807, 2.05) is 0 Å². The maximum Gasteiger partial charge on any atom is 0.254 e. The number of amides is 1. The van der Waals surface area contributed by atoms with Gasteiger partial charge in [-0.15, -0.1) is 0 Å². The topological polar surface area (TPSA) is 67.8 Å². The highest BCUT2D eigenvalue weighted by Crippen LogP contribution is 2.14. The van der Waals surface area contributed by atoms with Crippen molar-refractivity contribution in [2.24, 2.45) is 0 Å². The molecule has 0 atom stereocenters. The molecule has 0 saturated heterocycles. The predicted molar refractivity (Wildman–Crippen MR) is 63.1 cm³/mol. The molecule has 0 radical (unpaired) electrons. The van der Waals surface area contributed by atoms with Crippen LogP contribution in [-0.2, 0) is 9.47 Å². The molecule has 0 aliphatic carbocycles. The number of hydrogen-bond donors (Lipinski definition) is 2. The first kappa shape index (κ1) is 14.4. The smallest absolute Gasteiger partial charge is 0.254 e. The van der Waals surface area contributed by atoms with Gasteiger partial charge in [-0.3, -0.25) is 4.79 Å². The summed E-state index contributed by atoms with van der Waals surface area (Å²) in [5.74, 6) is -1.51. The number of halogens is 1. The van der Waals surface area contributed by atoms with Gasteiger partial charge < -0.3 is 19.9 Å². The van der Waals surface area contributed by atoms with Gasteiger partial charge in [0.1, 0.15) is 11.6 Å². The van der Waals surface area contributed by atoms with E-state index in [1.54, 1.807) is 7.11 Å². The fourth-order valence-electron chi connectivity index (χ4n) is 1.26. The molecule has 6 heteroatoms. The van der Waals surface area contributed by atoms with Gasteiger partial charge in [-0.1, -0.05) is 0 Å². The van der Waals surface area contributed by atoms with Gasteiger partial charge in [-0.2, -0.15) is 0 Å². The lowest BCUT2D eigenvalue weighted by molar-refractivity contribution is 0.0692. The summed E-state index contributed by atoms with van der Waals surface area (Å²) >= 11 is 0. The zero-order chi connectivity index (χ0) is 13.4. The van der Waals surface area contributed by atoms with Crippen LogP contribution in [0.2, 0.25) is 0 Å². The van der Waals surface area contributed by atoms with Gasteiger partial charge >= 0.3 is 0 Å². The van der Waals surface area contributed by atoms with E-state index in [1.165, 1.54) is 12.1 Å². The van der Waals surface area contributed by atoms with Crippen LogP contribution in [0, 0.1) is 5.82 Å². The first-order valence-corrected chi connectivity index (χ1v) is 5.48. The second kappa shape index (κ2) is 7.62. The van der Waals surface area contributed by atoms with Crippen LogP contribution in [0.5, 0.6) is 5.75 Å². The number of hydrogen-bond acceptors (Lipinski definition) is 4. The SMILES string of the molecule is COCCOCCNC(=O)c1ccc(O)cc1F. The minimum atomic E-state index is -0.757. The fraction of sp³-hybridized carbons (Fsp3) is 0.417. The molecule has 2 N–H and O–H groups in total. The molecule has 1 aromatic carbocycles. The van der Waals surface area contributed by atoms with Crippen molar-refractivity contribution in [2.75, 3.05) is 33.5 Å². The van der Waals surface area contributed by atoms with Crippen LogP contribution in [-0.4, -0.2) is 44.5 Å². The maximum absolute atomic E-state index is 13.3. The summed E-state index contributed by atoms with van der Waals surface area (Å²) in [5, 5.41) is 11.5. The number of nitrogens with one attached hydrogen (secondary N) is 1. The Morgan fingerprint density at radius 3 is 2.83 bits per heavy atom. The molecule has 1 aromatic rings. The Morgan fingerprint density at radius 1 is 1.39 bits per heavy atom. The highest BCUT2D eigenvalue weighted by atomic mass is 19.1. The maximum atomic E-state index is 13.3. The van der Waals surface area contributed by atoms with Gasteiger partial charge in [0.05, 0.1) is 25.4 Å². The summed E-state index contributed by atoms with van der Waals surface area (Å²) in [5.41, 5.74) is -0.107. The Labute approximate surface area is 105 Å². The average Bonchev–Trinajstić information content (AvgIpc) is 2.33. The molecule has 5 nitrogen and oxygen atoms in total. The number of methoxy groups -OCH3 is 1. The summed E-state index contributed by atoms with van der Waals surface area (Å²) < 4.78 is 23.2. The summed E-state index contributed by atoms with van der Waals surface area (Å²) in [7, 11) is 1.57. The van der Waals surface area contributed by atoms with Crippen molar-refractivity contribution in [3.63, 3.8) is 0 Å². The van der Waals surface area contributed by atoms with E-state index in [9.17, 15) is 9.18 Å². The largest absolute Gasteiger partial charge is 0.508 e. The third-order valence-electron chi connectivity index (χ3n) is 2.16. The number of carbonyl (C=O) groups excluding carboxylic acids is 1. The fourth-order valence-corrected chi connectivity index (χ4v) is 1.26. The number of ether oxygens (including phenoxy) is 2. The third kappa shape index (κ3) is 4.68. The van der Waals surface area contributed by atoms with Gasteiger partial charge in [0.25, 0.3) is 5.91 Å². The van der Waals surface area contributed by atoms with Crippen LogP contribution in [0.1, 0.15) is 10.4 Å². The number of aromatic hydroxyl groups is 1. The molecule has 0 fully saturated rings. The zero-order valence-corrected chi connectivity index (χ0v) is 10.1. The number of benzene rings is 1. The molecular formula is C12H16FNO4. The highest BCUT2D eigenvalue weighted by Gasteiger charge is 2.11. The lowest BCUT2D eigenvalue weighted by atomic mass is 10.2. The third-order valence-corrected chi connectivity index (χ3v) is 2.16. The molecular weight excluding hydrogens is 241 g/mol. The van der Waals surface area contributed by atoms with Gasteiger partial charge in [0.2, 0.25) is 0 Å². The molecule has 0 saturated carbocycles. The predicted octanol–water partition coefficient (Wildman–Crippen LogP) is 0.924. The minimum absolute atomic E-state index is 0.107. The van der Waals surface area contributed by atoms with Gasteiger partial charge in [0, 0.05) is 19.7 Å². The highest BCUT2D eigenvalue weighted by molar-refractivity contribution is 5.94. The van der Waals surface area contributed by atoms with Gasteiger partial charge in [-0.25, -0.2) is 4.39 Å². The van der Waals surface area contributed by atoms with Crippen molar-refractivity contribution in [3.05, 3.63) is 29.6 Å². The second-order valence-electron chi connectivity index (χ2n) is 3.53. The number of phenols is 1. The van der Waals surface area contributed by atoms with E-state index in [0.29, 0.717) is 19.8 Å². The van der Waals surface area contributed by atoms with Crippen LogP contribution < -0.4 is 5.32 Å². The Bertz CT molecular complexity index is 398. The molecule has 0 aliphatic heterocycles. The first-order valence-electron chi connectivity index (χ1n) is 5.48. The first-order chi connectivity index (χ1) is 8.65. The molecule has 0 unspecified atom stereocenters. The molecule has 0 heterocycles. The lowest BCUT2D eigenvalue weighted by Crippen LogP contribution is -2.28. The van der Waals surface area contributed by atoms with Crippen LogP contribution in [0.4, 0.5) is 4.39 Å². The van der Waals surface area contributed by atoms with Crippen molar-refractivity contribution < 1.29 is 23.8 Å². The molecule has 0 spiro atoms. The summed E-state index contributed by atoms with van der Waals surface area (Å²) in [4.78, 5) is 11.6. The normalized spacial score (nSPS) is 10.3. The molecule has 1 amide bonds. The molecule has 0 bridgehead atoms. The molecule has 0 aliphatic rings. The number of carbonyl (C=O) groups is 1. The van der Waals surface area contributed by atoms with Crippen LogP contribution >= 0.6 is 0 Å². The Hall–Kier alpha value is -1.66. The van der Waals surface area contributed by atoms with E-state index >= 15 is 0 Å². The summed E-state index contributed by atoms with van der Waals surface area (Å²) in [6.07, 6.45) is 0. The quantitative estimate of drug-likeness (QED) is 0.713. The Balaban J connectivity index is 2.32. The van der Waals surface area contributed by atoms with Crippen molar-refractivity contribution in [1.82, 2.24) is 5.32 Å². The van der Waals surface area contributed by atoms with E-state index in [0.717, 1.165) is 6.07 Å². The number of phenolic OH excluding ortho intramolecular Hbond substituents is 1. The van der Waals surface area contributed by atoms with Gasteiger partial charge in [-0.05, 0) is 12.1 Å². The molecule has 0 aromatic heterocycles. The van der Waals surface area contributed by atoms with Crippen molar-refractivity contribution in [1.29, 1.82) is 0 Å². The van der Waals surface area contributed by atoms with Crippen molar-refractivity contribution in [2.45, 2.75) is 0 Å². The Kier molecular flexibility index (Phi) is 6.10. The van der Waals surface area contributed by atoms with Gasteiger partial charge in [0.15, 0.2) is 0 Å². The zero-order valence-electron chi connectivity index (χ0n) is 10.1. The average molecular weight is 257 g/mol. The molecule has 1 rings (SSSR count). The van der Waals surface area contributed by atoms with Crippen LogP contribution in [0.15, 0.2) is 18.2 Å². The number of rotatable bonds is 7. The molecule has 18 heavy (non-hydrogen) atoms. The molecule has 100 valence electrons. The van der Waals surface area contributed by atoms with E-state index in [-0.39, 0.29) is 17.9 Å². The monoisotopic (exact) mass is 257 g/mol. The summed E-state index contributed by atoms with van der Waals surface area (Å²) in [6.45, 7) is 1.54. The standard InChI is InChI=1S/C12H16FNO4/c1-17-6-7-18-5-4-14-12(16)10-3-2-9(15)8-11(10)13/h2-3,8,15H,4-7H2,1H3,(H,14,16). The van der Waals surface area contributed by atoms with E-state index in [4.69, 9.17) is 14.6 Å². The minimum Gasteiger partial charge on any atom is -0.508 e. The second-order valence-corrected chi connectivity index (χ2v) is 3.53. The van der Waals surface area contributed by atoms with Crippen molar-refractivity contribution in [3.8, 4) is 5.75 Å². The van der Waals surface area contributed by atoms with E-state index in [2.05, 4.69) is 5.32 Å². The Morgan fingerprint density at radius 2 is 2.17 bits per heavy atom. The van der Waals surface area contributed by atoms with Crippen LogP contribution in [0.3, 0.4) is 0 Å². The lowest BCUT2D eigenvalue weighted by Gasteiger charge is -2.07. The van der Waals surface area contributed by atoms with E-state index < -0.39 is 11.7 Å².